The molecule has 0 radical (unpaired) electrons. The summed E-state index contributed by atoms with van der Waals surface area (Å²) in [5.74, 6) is 0.905. The van der Waals surface area contributed by atoms with E-state index in [0.717, 1.165) is 31.6 Å². The normalized spacial score (nSPS) is 11.9. The average molecular weight is 813 g/mol. The molecule has 0 fully saturated rings. The minimum Gasteiger partial charge on any atom is -0.466 e. The molecular formula is C56H108O2. The molecule has 2 nitrogen and oxygen atoms in total. The Labute approximate surface area is 367 Å². The molecule has 344 valence electrons. The largest absolute Gasteiger partial charge is 0.466 e. The Bertz CT molecular complexity index is 811. The lowest BCUT2D eigenvalue weighted by molar-refractivity contribution is -0.143. The third-order valence-corrected chi connectivity index (χ3v) is 12.5. The van der Waals surface area contributed by atoms with Crippen LogP contribution in [0.1, 0.15) is 316 Å². The van der Waals surface area contributed by atoms with Gasteiger partial charge in [-0.2, -0.15) is 0 Å². The van der Waals surface area contributed by atoms with Gasteiger partial charge >= 0.3 is 5.97 Å². The highest BCUT2D eigenvalue weighted by Gasteiger charge is 2.03. The van der Waals surface area contributed by atoms with Gasteiger partial charge in [-0.15, -0.1) is 0 Å². The predicted octanol–water partition coefficient (Wildman–Crippen LogP) is 20.3. The van der Waals surface area contributed by atoms with Crippen molar-refractivity contribution in [1.29, 1.82) is 0 Å². The molecule has 0 heterocycles. The summed E-state index contributed by atoms with van der Waals surface area (Å²) < 4.78 is 5.48. The van der Waals surface area contributed by atoms with Gasteiger partial charge in [0.1, 0.15) is 0 Å². The van der Waals surface area contributed by atoms with Gasteiger partial charge in [0.05, 0.1) is 6.61 Å². The molecule has 2 heteroatoms. The smallest absolute Gasteiger partial charge is 0.305 e. The lowest BCUT2D eigenvalue weighted by Gasteiger charge is -2.06. The van der Waals surface area contributed by atoms with Crippen LogP contribution in [-0.4, -0.2) is 12.6 Å². The quantitative estimate of drug-likeness (QED) is 0.0347. The molecule has 0 aromatic carbocycles. The van der Waals surface area contributed by atoms with Gasteiger partial charge < -0.3 is 4.74 Å². The van der Waals surface area contributed by atoms with Gasteiger partial charge in [-0.05, 0) is 50.9 Å². The molecule has 0 unspecified atom stereocenters. The van der Waals surface area contributed by atoms with Gasteiger partial charge in [-0.3, -0.25) is 4.79 Å². The lowest BCUT2D eigenvalue weighted by Crippen LogP contribution is -2.05. The van der Waals surface area contributed by atoms with Gasteiger partial charge in [0.15, 0.2) is 0 Å². The number of esters is 1. The summed E-state index contributed by atoms with van der Waals surface area (Å²) in [6.07, 6.45) is 72.0. The summed E-state index contributed by atoms with van der Waals surface area (Å²) in [4.78, 5) is 12.0. The van der Waals surface area contributed by atoms with Crippen LogP contribution in [0.25, 0.3) is 0 Å². The Kier molecular flexibility index (Phi) is 51.1. The van der Waals surface area contributed by atoms with E-state index in [-0.39, 0.29) is 5.97 Å². The maximum atomic E-state index is 12.0. The molecule has 0 spiro atoms. The van der Waals surface area contributed by atoms with E-state index in [1.165, 1.54) is 263 Å². The lowest BCUT2D eigenvalue weighted by atomic mass is 10.0. The van der Waals surface area contributed by atoms with E-state index >= 15 is 0 Å². The zero-order valence-electron chi connectivity index (χ0n) is 40.4. The molecule has 0 aromatic heterocycles. The van der Waals surface area contributed by atoms with Crippen molar-refractivity contribution in [1.82, 2.24) is 0 Å². The second-order valence-corrected chi connectivity index (χ2v) is 19.1. The molecule has 0 aliphatic heterocycles. The highest BCUT2D eigenvalue weighted by atomic mass is 16.5. The number of hydrogen-bond acceptors (Lipinski definition) is 2. The number of hydrogen-bond donors (Lipinski definition) is 0. The first-order chi connectivity index (χ1) is 28.7. The summed E-state index contributed by atoms with van der Waals surface area (Å²) in [5.41, 5.74) is 0. The molecule has 0 atom stereocenters. The van der Waals surface area contributed by atoms with E-state index in [0.29, 0.717) is 13.0 Å². The number of allylic oxidation sites excluding steroid dienone is 4. The number of unbranched alkanes of at least 4 members (excludes halogenated alkanes) is 40. The molecule has 0 rings (SSSR count). The second-order valence-electron chi connectivity index (χ2n) is 19.1. The molecule has 0 saturated carbocycles. The molecule has 58 heavy (non-hydrogen) atoms. The SMILES string of the molecule is CCCCC/C=C\C/C=C\CCCCCCCC(=O)OCCCCCCCCCCCCCCCCCCCCCCCCCCCCCCCCCCCC(C)C. The fourth-order valence-electron chi connectivity index (χ4n) is 8.47. The zero-order valence-corrected chi connectivity index (χ0v) is 40.4. The summed E-state index contributed by atoms with van der Waals surface area (Å²) in [6.45, 7) is 7.58. The number of carbonyl (C=O) groups excluding carboxylic acids is 1. The minimum absolute atomic E-state index is 0.0155. The third-order valence-electron chi connectivity index (χ3n) is 12.5. The van der Waals surface area contributed by atoms with Gasteiger partial charge in [0.2, 0.25) is 0 Å². The summed E-state index contributed by atoms with van der Waals surface area (Å²) in [7, 11) is 0. The third kappa shape index (κ3) is 53.0. The first kappa shape index (κ1) is 57.0. The summed E-state index contributed by atoms with van der Waals surface area (Å²) in [6, 6.07) is 0. The summed E-state index contributed by atoms with van der Waals surface area (Å²) >= 11 is 0. The van der Waals surface area contributed by atoms with Crippen molar-refractivity contribution >= 4 is 5.97 Å². The van der Waals surface area contributed by atoms with Crippen LogP contribution in [0.15, 0.2) is 24.3 Å². The van der Waals surface area contributed by atoms with Crippen LogP contribution in [0.2, 0.25) is 0 Å². The Balaban J connectivity index is 3.16. The Morgan fingerprint density at radius 3 is 1.00 bits per heavy atom. The first-order valence-corrected chi connectivity index (χ1v) is 27.1. The number of rotatable bonds is 50. The van der Waals surface area contributed by atoms with Gasteiger partial charge in [0.25, 0.3) is 0 Å². The zero-order chi connectivity index (χ0) is 41.9. The van der Waals surface area contributed by atoms with E-state index in [1.807, 2.05) is 0 Å². The van der Waals surface area contributed by atoms with E-state index in [1.54, 1.807) is 0 Å². The van der Waals surface area contributed by atoms with Crippen LogP contribution < -0.4 is 0 Å². The maximum Gasteiger partial charge on any atom is 0.305 e. The van der Waals surface area contributed by atoms with Crippen molar-refractivity contribution in [2.45, 2.75) is 316 Å². The molecular weight excluding hydrogens is 705 g/mol. The van der Waals surface area contributed by atoms with Gasteiger partial charge in [-0.25, -0.2) is 0 Å². The van der Waals surface area contributed by atoms with Crippen molar-refractivity contribution in [3.05, 3.63) is 24.3 Å². The highest BCUT2D eigenvalue weighted by molar-refractivity contribution is 5.69. The standard InChI is InChI=1S/C56H108O2/c1-4-5-6-7-8-9-10-11-31-35-38-41-44-47-50-53-56(57)58-54-51-48-45-42-39-36-33-30-28-26-24-22-20-18-16-14-12-13-15-17-19-21-23-25-27-29-32-34-37-40-43-46-49-52-55(2)3/h8-9,11,31,55H,4-7,10,12-30,32-54H2,1-3H3/b9-8-,31-11-. The first-order valence-electron chi connectivity index (χ1n) is 27.1. The van der Waals surface area contributed by atoms with Crippen LogP contribution in [0.4, 0.5) is 0 Å². The van der Waals surface area contributed by atoms with Crippen LogP contribution in [-0.2, 0) is 9.53 Å². The van der Waals surface area contributed by atoms with Gasteiger partial charge in [-0.1, -0.05) is 289 Å². The fourth-order valence-corrected chi connectivity index (χ4v) is 8.47. The Morgan fingerprint density at radius 2 is 0.655 bits per heavy atom. The summed E-state index contributed by atoms with van der Waals surface area (Å²) in [5, 5.41) is 0. The molecule has 0 N–H and O–H groups in total. The Morgan fingerprint density at radius 1 is 0.362 bits per heavy atom. The van der Waals surface area contributed by atoms with E-state index in [2.05, 4.69) is 45.1 Å². The predicted molar refractivity (Wildman–Crippen MR) is 262 cm³/mol. The fraction of sp³-hybridized carbons (Fsp3) is 0.911. The number of carbonyl (C=O) groups is 1. The van der Waals surface area contributed by atoms with Crippen LogP contribution in [0, 0.1) is 5.92 Å². The molecule has 0 saturated heterocycles. The minimum atomic E-state index is 0.0155. The Hall–Kier alpha value is -1.05. The molecule has 0 aliphatic carbocycles. The van der Waals surface area contributed by atoms with E-state index in [4.69, 9.17) is 4.74 Å². The topological polar surface area (TPSA) is 26.3 Å². The van der Waals surface area contributed by atoms with Crippen molar-refractivity contribution in [3.63, 3.8) is 0 Å². The van der Waals surface area contributed by atoms with Gasteiger partial charge in [0, 0.05) is 6.42 Å². The van der Waals surface area contributed by atoms with Crippen LogP contribution in [0.5, 0.6) is 0 Å². The van der Waals surface area contributed by atoms with E-state index in [9.17, 15) is 4.79 Å². The molecule has 0 aromatic rings. The van der Waals surface area contributed by atoms with Crippen molar-refractivity contribution in [3.8, 4) is 0 Å². The van der Waals surface area contributed by atoms with Crippen molar-refractivity contribution < 1.29 is 9.53 Å². The van der Waals surface area contributed by atoms with Crippen molar-refractivity contribution in [2.75, 3.05) is 6.61 Å². The molecule has 0 aliphatic rings. The second kappa shape index (κ2) is 52.1. The van der Waals surface area contributed by atoms with Crippen molar-refractivity contribution in [2.24, 2.45) is 5.92 Å². The monoisotopic (exact) mass is 813 g/mol. The highest BCUT2D eigenvalue weighted by Crippen LogP contribution is 2.18. The van der Waals surface area contributed by atoms with E-state index < -0.39 is 0 Å². The molecule has 0 bridgehead atoms. The average Bonchev–Trinajstić information content (AvgIpc) is 3.22. The van der Waals surface area contributed by atoms with Crippen LogP contribution in [0.3, 0.4) is 0 Å². The molecule has 0 amide bonds. The maximum absolute atomic E-state index is 12.0. The number of ether oxygens (including phenoxy) is 1. The van der Waals surface area contributed by atoms with Crippen LogP contribution >= 0.6 is 0 Å².